The summed E-state index contributed by atoms with van der Waals surface area (Å²) in [5.74, 6) is 0.754. The maximum atomic E-state index is 6.41. The van der Waals surface area contributed by atoms with E-state index in [2.05, 4.69) is 87.3 Å². The Morgan fingerprint density at radius 3 is 1.72 bits per heavy atom. The molecule has 152 valence electrons. The van der Waals surface area contributed by atoms with Crippen molar-refractivity contribution >= 4 is 33.4 Å². The van der Waals surface area contributed by atoms with Gasteiger partial charge in [-0.3, -0.25) is 4.57 Å². The van der Waals surface area contributed by atoms with Crippen LogP contribution in [0.2, 0.25) is 5.28 Å². The van der Waals surface area contributed by atoms with E-state index in [4.69, 9.17) is 11.6 Å². The summed E-state index contributed by atoms with van der Waals surface area (Å²) < 4.78 is 2.15. The monoisotopic (exact) mass is 431 g/mol. The maximum absolute atomic E-state index is 6.41. The lowest BCUT2D eigenvalue weighted by Gasteiger charge is -2.10. The van der Waals surface area contributed by atoms with Crippen LogP contribution < -0.4 is 0 Å². The van der Waals surface area contributed by atoms with Gasteiger partial charge in [-0.1, -0.05) is 91.0 Å². The Kier molecular flexibility index (Phi) is 4.48. The summed E-state index contributed by atoms with van der Waals surface area (Å²) in [5.41, 5.74) is 6.32. The topological polar surface area (TPSA) is 30.7 Å². The summed E-state index contributed by atoms with van der Waals surface area (Å²) >= 11 is 6.41. The van der Waals surface area contributed by atoms with Crippen LogP contribution in [0.1, 0.15) is 0 Å². The number of aromatic nitrogens is 3. The van der Waals surface area contributed by atoms with E-state index in [0.29, 0.717) is 0 Å². The molecule has 0 radical (unpaired) electrons. The maximum Gasteiger partial charge on any atom is 0.224 e. The van der Waals surface area contributed by atoms with Crippen LogP contribution in [0, 0.1) is 0 Å². The van der Waals surface area contributed by atoms with Crippen molar-refractivity contribution < 1.29 is 0 Å². The van der Waals surface area contributed by atoms with Crippen LogP contribution in [-0.4, -0.2) is 14.5 Å². The fourth-order valence-electron chi connectivity index (χ4n) is 4.30. The number of hydrogen-bond acceptors (Lipinski definition) is 2. The molecule has 0 aliphatic carbocycles. The first-order valence-corrected chi connectivity index (χ1v) is 10.8. The summed E-state index contributed by atoms with van der Waals surface area (Å²) in [5, 5.41) is 2.60. The van der Waals surface area contributed by atoms with Crippen LogP contribution in [0.3, 0.4) is 0 Å². The molecule has 0 saturated heterocycles. The van der Waals surface area contributed by atoms with Gasteiger partial charge in [-0.15, -0.1) is 0 Å². The number of fused-ring (bicyclic) bond motifs is 3. The average molecular weight is 432 g/mol. The van der Waals surface area contributed by atoms with Crippen LogP contribution >= 0.6 is 11.6 Å². The van der Waals surface area contributed by atoms with Gasteiger partial charge in [0.05, 0.1) is 16.7 Å². The van der Waals surface area contributed by atoms with Gasteiger partial charge in [-0.2, -0.15) is 4.98 Å². The van der Waals surface area contributed by atoms with Crippen molar-refractivity contribution in [2.45, 2.75) is 0 Å². The Hall–Kier alpha value is -3.95. The van der Waals surface area contributed by atoms with Crippen molar-refractivity contribution in [3.05, 3.63) is 114 Å². The molecule has 2 aromatic heterocycles. The molecule has 0 atom stereocenters. The normalized spacial score (nSPS) is 11.3. The van der Waals surface area contributed by atoms with E-state index in [1.807, 2.05) is 36.4 Å². The van der Waals surface area contributed by atoms with Gasteiger partial charge >= 0.3 is 0 Å². The molecule has 6 aromatic rings. The third kappa shape index (κ3) is 3.15. The summed E-state index contributed by atoms with van der Waals surface area (Å²) in [7, 11) is 0. The fourth-order valence-corrected chi connectivity index (χ4v) is 4.48. The molecule has 6 rings (SSSR count). The number of nitrogens with zero attached hydrogens (tertiary/aromatic N) is 3. The highest BCUT2D eigenvalue weighted by Crippen LogP contribution is 2.33. The van der Waals surface area contributed by atoms with E-state index >= 15 is 0 Å². The molecule has 0 aliphatic heterocycles. The first kappa shape index (κ1) is 18.8. The number of benzene rings is 4. The molecule has 0 saturated carbocycles. The number of rotatable bonds is 3. The first-order valence-electron chi connectivity index (χ1n) is 10.5. The van der Waals surface area contributed by atoms with Gasteiger partial charge < -0.3 is 0 Å². The third-order valence-electron chi connectivity index (χ3n) is 5.78. The Morgan fingerprint density at radius 1 is 0.531 bits per heavy atom. The van der Waals surface area contributed by atoms with E-state index in [-0.39, 0.29) is 5.28 Å². The van der Waals surface area contributed by atoms with Crippen molar-refractivity contribution in [2.24, 2.45) is 0 Å². The quantitative estimate of drug-likeness (QED) is 0.270. The molecule has 3 nitrogen and oxygen atoms in total. The Morgan fingerprint density at radius 2 is 1.06 bits per heavy atom. The summed E-state index contributed by atoms with van der Waals surface area (Å²) in [6.07, 6.45) is 0. The van der Waals surface area contributed by atoms with Gasteiger partial charge in [0.15, 0.2) is 0 Å². The molecule has 0 aliphatic rings. The highest BCUT2D eigenvalue weighted by molar-refractivity contribution is 6.28. The van der Waals surface area contributed by atoms with Gasteiger partial charge in [0.2, 0.25) is 5.28 Å². The number of hydrogen-bond donors (Lipinski definition) is 0. The van der Waals surface area contributed by atoms with E-state index in [0.717, 1.165) is 33.7 Å². The summed E-state index contributed by atoms with van der Waals surface area (Å²) in [6, 6.07) is 37.4. The highest BCUT2D eigenvalue weighted by atomic mass is 35.5. The zero-order valence-corrected chi connectivity index (χ0v) is 17.9. The van der Waals surface area contributed by atoms with Crippen LogP contribution in [0.5, 0.6) is 0 Å². The lowest BCUT2D eigenvalue weighted by Crippen LogP contribution is -2.00. The van der Waals surface area contributed by atoms with Crippen LogP contribution in [0.15, 0.2) is 109 Å². The largest absolute Gasteiger partial charge is 0.294 e. The minimum Gasteiger partial charge on any atom is -0.294 e. The van der Waals surface area contributed by atoms with Crippen molar-refractivity contribution in [1.82, 2.24) is 14.5 Å². The first-order chi connectivity index (χ1) is 15.8. The van der Waals surface area contributed by atoms with E-state index in [1.165, 1.54) is 16.3 Å². The average Bonchev–Trinajstić information content (AvgIpc) is 3.19. The third-order valence-corrected chi connectivity index (χ3v) is 5.95. The molecule has 0 bridgehead atoms. The minimum atomic E-state index is 0.228. The lowest BCUT2D eigenvalue weighted by atomic mass is 10.0. The zero-order valence-electron chi connectivity index (χ0n) is 17.1. The standard InChI is InChI=1S/C28H18ClN3/c29-28-30-24(21-16-14-20(15-17-21)19-8-2-1-3-9-19)18-27(31-28)32-25-12-6-4-10-22(25)23-11-5-7-13-26(23)32/h1-18H. The van der Waals surface area contributed by atoms with Gasteiger partial charge in [-0.05, 0) is 34.9 Å². The Balaban J connectivity index is 1.50. The lowest BCUT2D eigenvalue weighted by molar-refractivity contribution is 1.04. The van der Waals surface area contributed by atoms with Crippen molar-refractivity contribution in [1.29, 1.82) is 0 Å². The predicted molar refractivity (Wildman–Crippen MR) is 132 cm³/mol. The minimum absolute atomic E-state index is 0.228. The van der Waals surface area contributed by atoms with Gasteiger partial charge in [-0.25, -0.2) is 4.98 Å². The SMILES string of the molecule is Clc1nc(-c2ccc(-c3ccccc3)cc2)cc(-n2c3ccccc3c3ccccc32)n1. The summed E-state index contributed by atoms with van der Waals surface area (Å²) in [4.78, 5) is 9.10. The van der Waals surface area contributed by atoms with Crippen LogP contribution in [-0.2, 0) is 0 Å². The summed E-state index contributed by atoms with van der Waals surface area (Å²) in [6.45, 7) is 0. The smallest absolute Gasteiger partial charge is 0.224 e. The highest BCUT2D eigenvalue weighted by Gasteiger charge is 2.14. The number of halogens is 1. The molecular formula is C28H18ClN3. The Labute approximate surface area is 190 Å². The molecule has 2 heterocycles. The Bertz CT molecular complexity index is 1510. The second-order valence-electron chi connectivity index (χ2n) is 7.69. The van der Waals surface area contributed by atoms with E-state index < -0.39 is 0 Å². The predicted octanol–water partition coefficient (Wildman–Crippen LogP) is 7.56. The van der Waals surface area contributed by atoms with E-state index in [9.17, 15) is 0 Å². The van der Waals surface area contributed by atoms with Crippen molar-refractivity contribution in [3.8, 4) is 28.2 Å². The molecule has 0 unspecified atom stereocenters. The molecule has 0 fully saturated rings. The van der Waals surface area contributed by atoms with Crippen LogP contribution in [0.4, 0.5) is 0 Å². The zero-order chi connectivity index (χ0) is 21.5. The second-order valence-corrected chi connectivity index (χ2v) is 8.03. The second kappa shape index (κ2) is 7.63. The molecule has 0 amide bonds. The molecule has 0 N–H and O–H groups in total. The molecule has 4 aromatic carbocycles. The fraction of sp³-hybridized carbons (Fsp3) is 0. The van der Waals surface area contributed by atoms with Gasteiger partial charge in [0.1, 0.15) is 5.82 Å². The van der Waals surface area contributed by atoms with Crippen molar-refractivity contribution in [3.63, 3.8) is 0 Å². The molecule has 4 heteroatoms. The van der Waals surface area contributed by atoms with Crippen LogP contribution in [0.25, 0.3) is 50.0 Å². The molecular weight excluding hydrogens is 414 g/mol. The van der Waals surface area contributed by atoms with E-state index in [1.54, 1.807) is 0 Å². The van der Waals surface area contributed by atoms with Crippen molar-refractivity contribution in [2.75, 3.05) is 0 Å². The molecule has 32 heavy (non-hydrogen) atoms. The molecule has 0 spiro atoms. The van der Waals surface area contributed by atoms with Gasteiger partial charge in [0, 0.05) is 22.4 Å². The van der Waals surface area contributed by atoms with Gasteiger partial charge in [0.25, 0.3) is 0 Å². The number of para-hydroxylation sites is 2.